The second-order valence-electron chi connectivity index (χ2n) is 10.4. The standard InChI is InChI=1S/C28H36N6O5S2/c1-19(29-25(35)24-10-6-9-23(16-24)22-8-5-7-21(15-22)18-32(3)4)17-33-11-13-34(14-12-33)41(38,39)26-20(2)30-27(40-26)31-28(36)37/h5-10,15-16,19H,11-14,17-18H2,1-4H3,(H,29,35)(H,30,31)(H,36,37). The third-order valence-corrected chi connectivity index (χ3v) is 10.2. The minimum Gasteiger partial charge on any atom is -0.465 e. The van der Waals surface area contributed by atoms with Crippen LogP contribution in [-0.4, -0.2) is 97.5 Å². The van der Waals surface area contributed by atoms with Gasteiger partial charge in [0.2, 0.25) is 0 Å². The van der Waals surface area contributed by atoms with Crippen molar-refractivity contribution in [2.24, 2.45) is 0 Å². The largest absolute Gasteiger partial charge is 0.465 e. The van der Waals surface area contributed by atoms with Crippen LogP contribution < -0.4 is 10.6 Å². The maximum absolute atomic E-state index is 13.2. The van der Waals surface area contributed by atoms with Gasteiger partial charge in [-0.25, -0.2) is 18.2 Å². The zero-order chi connectivity index (χ0) is 29.7. The number of rotatable bonds is 10. The summed E-state index contributed by atoms with van der Waals surface area (Å²) in [4.78, 5) is 32.2. The first-order valence-electron chi connectivity index (χ1n) is 13.3. The van der Waals surface area contributed by atoms with Crippen molar-refractivity contribution in [3.05, 3.63) is 65.4 Å². The second-order valence-corrected chi connectivity index (χ2v) is 13.6. The van der Waals surface area contributed by atoms with Crippen molar-refractivity contribution in [3.63, 3.8) is 0 Å². The van der Waals surface area contributed by atoms with Crippen LogP contribution in [0.15, 0.2) is 52.7 Å². The third-order valence-electron chi connectivity index (χ3n) is 6.67. The molecule has 1 atom stereocenters. The first-order valence-corrected chi connectivity index (χ1v) is 15.5. The van der Waals surface area contributed by atoms with Gasteiger partial charge in [-0.05, 0) is 62.8 Å². The highest BCUT2D eigenvalue weighted by atomic mass is 32.2. The summed E-state index contributed by atoms with van der Waals surface area (Å²) in [6, 6.07) is 15.7. The van der Waals surface area contributed by atoms with E-state index >= 15 is 0 Å². The van der Waals surface area contributed by atoms with Gasteiger partial charge in [-0.3, -0.25) is 15.0 Å². The first-order chi connectivity index (χ1) is 19.4. The van der Waals surface area contributed by atoms with E-state index in [1.165, 1.54) is 9.87 Å². The molecule has 4 rings (SSSR count). The number of hydrogen-bond acceptors (Lipinski definition) is 8. The lowest BCUT2D eigenvalue weighted by Gasteiger charge is -2.35. The number of sulfonamides is 1. The summed E-state index contributed by atoms with van der Waals surface area (Å²) >= 11 is 0.811. The number of hydrogen-bond donors (Lipinski definition) is 3. The highest BCUT2D eigenvalue weighted by molar-refractivity contribution is 7.91. The van der Waals surface area contributed by atoms with Crippen molar-refractivity contribution in [3.8, 4) is 11.1 Å². The summed E-state index contributed by atoms with van der Waals surface area (Å²) in [5.41, 5.74) is 4.09. The van der Waals surface area contributed by atoms with Crippen LogP contribution in [0.2, 0.25) is 0 Å². The number of nitrogens with zero attached hydrogens (tertiary/aromatic N) is 4. The van der Waals surface area contributed by atoms with Crippen molar-refractivity contribution in [2.75, 3.05) is 52.1 Å². The molecular weight excluding hydrogens is 564 g/mol. The SMILES string of the molecule is Cc1nc(NC(=O)O)sc1S(=O)(=O)N1CCN(CC(C)NC(=O)c2cccc(-c3cccc(CN(C)C)c3)c2)CC1. The van der Waals surface area contributed by atoms with Gasteiger partial charge in [-0.1, -0.05) is 41.7 Å². The van der Waals surface area contributed by atoms with Crippen molar-refractivity contribution >= 4 is 38.5 Å². The fourth-order valence-corrected chi connectivity index (χ4v) is 7.79. The van der Waals surface area contributed by atoms with Gasteiger partial charge in [0.05, 0.1) is 5.69 Å². The van der Waals surface area contributed by atoms with Crippen LogP contribution in [-0.2, 0) is 16.6 Å². The average molecular weight is 601 g/mol. The Balaban J connectivity index is 1.32. The highest BCUT2D eigenvalue weighted by Crippen LogP contribution is 2.30. The molecule has 1 aliphatic rings. The van der Waals surface area contributed by atoms with E-state index in [9.17, 15) is 18.0 Å². The molecule has 1 aliphatic heterocycles. The van der Waals surface area contributed by atoms with E-state index in [0.29, 0.717) is 25.2 Å². The molecule has 220 valence electrons. The molecule has 11 nitrogen and oxygen atoms in total. The first kappa shape index (κ1) is 30.6. The average Bonchev–Trinajstić information content (AvgIpc) is 3.28. The quantitative estimate of drug-likeness (QED) is 0.322. The van der Waals surface area contributed by atoms with Gasteiger partial charge in [0.1, 0.15) is 0 Å². The number of carbonyl (C=O) groups is 2. The summed E-state index contributed by atoms with van der Waals surface area (Å²) < 4.78 is 27.8. The molecule has 1 unspecified atom stereocenters. The van der Waals surface area contributed by atoms with E-state index in [1.54, 1.807) is 13.0 Å². The zero-order valence-corrected chi connectivity index (χ0v) is 25.3. The van der Waals surface area contributed by atoms with Gasteiger partial charge in [-0.2, -0.15) is 4.31 Å². The summed E-state index contributed by atoms with van der Waals surface area (Å²) in [5, 5.41) is 14.1. The Hall–Kier alpha value is -3.36. The fourth-order valence-electron chi connectivity index (χ4n) is 4.83. The topological polar surface area (TPSA) is 135 Å². The van der Waals surface area contributed by atoms with Crippen molar-refractivity contribution in [1.82, 2.24) is 24.4 Å². The predicted molar refractivity (Wildman–Crippen MR) is 160 cm³/mol. The molecule has 0 radical (unpaired) electrons. The van der Waals surface area contributed by atoms with Gasteiger partial charge >= 0.3 is 6.09 Å². The lowest BCUT2D eigenvalue weighted by molar-refractivity contribution is 0.0922. The normalized spacial score (nSPS) is 15.5. The maximum Gasteiger partial charge on any atom is 0.410 e. The summed E-state index contributed by atoms with van der Waals surface area (Å²) in [5.74, 6) is -0.156. The molecule has 0 saturated carbocycles. The number of benzene rings is 2. The van der Waals surface area contributed by atoms with Gasteiger partial charge < -0.3 is 15.3 Å². The molecule has 13 heteroatoms. The summed E-state index contributed by atoms with van der Waals surface area (Å²) in [6.07, 6.45) is -1.30. The number of carboxylic acid groups (broad SMARTS) is 1. The van der Waals surface area contributed by atoms with Crippen LogP contribution in [0.5, 0.6) is 0 Å². The number of aromatic nitrogens is 1. The number of piperazine rings is 1. The Bertz CT molecular complexity index is 1500. The molecule has 1 aromatic heterocycles. The Morgan fingerprint density at radius 2 is 1.73 bits per heavy atom. The minimum atomic E-state index is -3.79. The molecule has 3 aromatic rings. The smallest absolute Gasteiger partial charge is 0.410 e. The number of aryl methyl sites for hydroxylation is 1. The lowest BCUT2D eigenvalue weighted by atomic mass is 10.0. The maximum atomic E-state index is 13.2. The second kappa shape index (κ2) is 13.1. The van der Waals surface area contributed by atoms with Crippen LogP contribution in [0.4, 0.5) is 9.93 Å². The molecule has 0 spiro atoms. The molecule has 41 heavy (non-hydrogen) atoms. The Morgan fingerprint density at radius 3 is 2.39 bits per heavy atom. The lowest BCUT2D eigenvalue weighted by Crippen LogP contribution is -2.52. The van der Waals surface area contributed by atoms with E-state index in [4.69, 9.17) is 5.11 Å². The molecule has 0 aliphatic carbocycles. The molecule has 1 saturated heterocycles. The number of nitrogens with one attached hydrogen (secondary N) is 2. The van der Waals surface area contributed by atoms with Crippen LogP contribution in [0, 0.1) is 6.92 Å². The Kier molecular flexibility index (Phi) is 9.76. The number of amides is 2. The third kappa shape index (κ3) is 7.89. The summed E-state index contributed by atoms with van der Waals surface area (Å²) in [6.45, 7) is 6.50. The van der Waals surface area contributed by atoms with Gasteiger partial charge in [0.25, 0.3) is 15.9 Å². The van der Waals surface area contributed by atoms with Gasteiger partial charge in [-0.15, -0.1) is 0 Å². The number of anilines is 1. The van der Waals surface area contributed by atoms with Crippen molar-refractivity contribution in [1.29, 1.82) is 0 Å². The monoisotopic (exact) mass is 600 g/mol. The van der Waals surface area contributed by atoms with Crippen LogP contribution in [0.1, 0.15) is 28.5 Å². The van der Waals surface area contributed by atoms with Crippen molar-refractivity contribution in [2.45, 2.75) is 30.6 Å². The van der Waals surface area contributed by atoms with E-state index in [0.717, 1.165) is 29.0 Å². The Labute approximate surface area is 244 Å². The van der Waals surface area contributed by atoms with Crippen LogP contribution in [0.25, 0.3) is 11.1 Å². The van der Waals surface area contributed by atoms with Crippen LogP contribution >= 0.6 is 11.3 Å². The van der Waals surface area contributed by atoms with Crippen LogP contribution in [0.3, 0.4) is 0 Å². The molecule has 2 amide bonds. The molecule has 2 heterocycles. The molecule has 1 fully saturated rings. The fraction of sp³-hybridized carbons (Fsp3) is 0.393. The molecular formula is C28H36N6O5S2. The number of thiazole rings is 1. The molecule has 0 bridgehead atoms. The summed E-state index contributed by atoms with van der Waals surface area (Å²) in [7, 11) is 0.268. The Morgan fingerprint density at radius 1 is 1.07 bits per heavy atom. The van der Waals surface area contributed by atoms with E-state index in [2.05, 4.69) is 37.6 Å². The zero-order valence-electron chi connectivity index (χ0n) is 23.6. The van der Waals surface area contributed by atoms with E-state index < -0.39 is 16.1 Å². The van der Waals surface area contributed by atoms with E-state index in [-0.39, 0.29) is 40.1 Å². The number of carbonyl (C=O) groups excluding carboxylic acids is 1. The van der Waals surface area contributed by atoms with E-state index in [1.807, 2.05) is 51.4 Å². The minimum absolute atomic E-state index is 0.0279. The highest BCUT2D eigenvalue weighted by Gasteiger charge is 2.32. The van der Waals surface area contributed by atoms with Gasteiger partial charge in [0, 0.05) is 50.9 Å². The van der Waals surface area contributed by atoms with Crippen molar-refractivity contribution < 1.29 is 23.1 Å². The molecule has 3 N–H and O–H groups in total. The molecule has 2 aromatic carbocycles. The predicted octanol–water partition coefficient (Wildman–Crippen LogP) is 3.39. The van der Waals surface area contributed by atoms with Gasteiger partial charge in [0.15, 0.2) is 9.34 Å².